The average molecular weight is 341 g/mol. The number of amides is 1. The van der Waals surface area contributed by atoms with Crippen molar-refractivity contribution in [3.05, 3.63) is 58.0 Å². The number of carbonyl (C=O) groups excluding carboxylic acids is 1. The minimum atomic E-state index is -0.607. The van der Waals surface area contributed by atoms with Gasteiger partial charge in [-0.2, -0.15) is 5.10 Å². The van der Waals surface area contributed by atoms with Crippen molar-refractivity contribution in [3.8, 4) is 5.75 Å². The lowest BCUT2D eigenvalue weighted by atomic mass is 10.2. The molecule has 1 saturated carbocycles. The fourth-order valence-corrected chi connectivity index (χ4v) is 2.60. The minimum absolute atomic E-state index is 0.150. The number of carbonyl (C=O) groups is 1. The maximum Gasteiger partial charge on any atom is 0.266 e. The van der Waals surface area contributed by atoms with E-state index < -0.39 is 6.10 Å². The molecule has 0 saturated heterocycles. The first-order valence-corrected chi connectivity index (χ1v) is 8.62. The Morgan fingerprint density at radius 1 is 1.36 bits per heavy atom. The zero-order valence-corrected chi connectivity index (χ0v) is 14.6. The molecule has 6 nitrogen and oxygen atoms in total. The molecule has 132 valence electrons. The highest BCUT2D eigenvalue weighted by Gasteiger charge is 2.25. The van der Waals surface area contributed by atoms with E-state index in [9.17, 15) is 9.59 Å². The van der Waals surface area contributed by atoms with Crippen LogP contribution in [0, 0.1) is 6.92 Å². The van der Waals surface area contributed by atoms with Crippen LogP contribution in [-0.2, 0) is 11.3 Å². The molecular weight excluding hydrogens is 318 g/mol. The molecule has 2 aromatic rings. The third-order valence-electron chi connectivity index (χ3n) is 4.18. The van der Waals surface area contributed by atoms with Crippen LogP contribution in [0.25, 0.3) is 0 Å². The van der Waals surface area contributed by atoms with Crippen molar-refractivity contribution in [2.45, 2.75) is 45.3 Å². The standard InChI is InChI=1S/C19H23N3O3/c1-13-4-3-5-16(12-13)25-14(2)19(24)20-10-11-22-18(23)9-8-17(21-22)15-6-7-15/h3-5,8-9,12,14-15H,6-7,10-11H2,1-2H3,(H,20,24). The molecule has 0 bridgehead atoms. The molecule has 1 atom stereocenters. The van der Waals surface area contributed by atoms with Crippen LogP contribution in [0.1, 0.15) is 36.9 Å². The van der Waals surface area contributed by atoms with Gasteiger partial charge >= 0.3 is 0 Å². The summed E-state index contributed by atoms with van der Waals surface area (Å²) >= 11 is 0. The Labute approximate surface area is 146 Å². The highest BCUT2D eigenvalue weighted by Crippen LogP contribution is 2.38. The molecule has 1 unspecified atom stereocenters. The summed E-state index contributed by atoms with van der Waals surface area (Å²) in [5.74, 6) is 0.940. The highest BCUT2D eigenvalue weighted by atomic mass is 16.5. The molecule has 1 aromatic carbocycles. The van der Waals surface area contributed by atoms with Crippen LogP contribution >= 0.6 is 0 Å². The Hall–Kier alpha value is -2.63. The van der Waals surface area contributed by atoms with Crippen LogP contribution in [0.4, 0.5) is 0 Å². The summed E-state index contributed by atoms with van der Waals surface area (Å²) in [7, 11) is 0. The summed E-state index contributed by atoms with van der Waals surface area (Å²) in [6.07, 6.45) is 1.66. The zero-order valence-electron chi connectivity index (χ0n) is 14.6. The van der Waals surface area contributed by atoms with Gasteiger partial charge in [0.25, 0.3) is 11.5 Å². The van der Waals surface area contributed by atoms with Gasteiger partial charge in [-0.3, -0.25) is 9.59 Å². The molecular formula is C19H23N3O3. The number of hydrogen-bond donors (Lipinski definition) is 1. The molecule has 1 fully saturated rings. The maximum absolute atomic E-state index is 12.1. The summed E-state index contributed by atoms with van der Waals surface area (Å²) in [6.45, 7) is 4.36. The van der Waals surface area contributed by atoms with E-state index in [1.54, 1.807) is 19.1 Å². The van der Waals surface area contributed by atoms with Gasteiger partial charge in [-0.15, -0.1) is 0 Å². The van der Waals surface area contributed by atoms with Gasteiger partial charge in [0.2, 0.25) is 0 Å². The number of aromatic nitrogens is 2. The number of aryl methyl sites for hydroxylation is 1. The van der Waals surface area contributed by atoms with Crippen molar-refractivity contribution >= 4 is 5.91 Å². The average Bonchev–Trinajstić information content (AvgIpc) is 3.41. The second-order valence-electron chi connectivity index (χ2n) is 6.46. The van der Waals surface area contributed by atoms with Gasteiger partial charge in [0.05, 0.1) is 12.2 Å². The molecule has 1 aromatic heterocycles. The zero-order chi connectivity index (χ0) is 17.8. The van der Waals surface area contributed by atoms with Gasteiger partial charge in [0, 0.05) is 18.5 Å². The molecule has 0 radical (unpaired) electrons. The van der Waals surface area contributed by atoms with E-state index >= 15 is 0 Å². The molecule has 1 N–H and O–H groups in total. The van der Waals surface area contributed by atoms with Crippen molar-refractivity contribution in [1.82, 2.24) is 15.1 Å². The van der Waals surface area contributed by atoms with Crippen LogP contribution in [-0.4, -0.2) is 28.3 Å². The second kappa shape index (κ2) is 7.51. The summed E-state index contributed by atoms with van der Waals surface area (Å²) < 4.78 is 7.06. The van der Waals surface area contributed by atoms with Gasteiger partial charge in [0.15, 0.2) is 6.10 Å². The Morgan fingerprint density at radius 2 is 2.16 bits per heavy atom. The number of nitrogens with one attached hydrogen (secondary N) is 1. The van der Waals surface area contributed by atoms with Crippen LogP contribution < -0.4 is 15.6 Å². The smallest absolute Gasteiger partial charge is 0.266 e. The molecule has 1 aliphatic carbocycles. The van der Waals surface area contributed by atoms with Crippen molar-refractivity contribution in [2.24, 2.45) is 0 Å². The minimum Gasteiger partial charge on any atom is -0.481 e. The molecule has 1 heterocycles. The van der Waals surface area contributed by atoms with E-state index in [4.69, 9.17) is 4.74 Å². The number of hydrogen-bond acceptors (Lipinski definition) is 4. The molecule has 1 amide bonds. The lowest BCUT2D eigenvalue weighted by molar-refractivity contribution is -0.127. The molecule has 25 heavy (non-hydrogen) atoms. The normalized spacial score (nSPS) is 14.8. The molecule has 3 rings (SSSR count). The third kappa shape index (κ3) is 4.68. The van der Waals surface area contributed by atoms with Crippen LogP contribution in [0.5, 0.6) is 5.75 Å². The first kappa shape index (κ1) is 17.2. The number of ether oxygens (including phenoxy) is 1. The highest BCUT2D eigenvalue weighted by molar-refractivity contribution is 5.80. The van der Waals surface area contributed by atoms with Gasteiger partial charge in [0.1, 0.15) is 5.75 Å². The van der Waals surface area contributed by atoms with Gasteiger partial charge in [-0.05, 0) is 50.5 Å². The fourth-order valence-electron chi connectivity index (χ4n) is 2.60. The third-order valence-corrected chi connectivity index (χ3v) is 4.18. The van der Waals surface area contributed by atoms with Crippen molar-refractivity contribution in [3.63, 3.8) is 0 Å². The molecule has 6 heteroatoms. The Balaban J connectivity index is 1.50. The Morgan fingerprint density at radius 3 is 2.88 bits per heavy atom. The number of rotatable bonds is 7. The summed E-state index contributed by atoms with van der Waals surface area (Å²) in [5, 5.41) is 7.17. The van der Waals surface area contributed by atoms with Crippen LogP contribution in [0.2, 0.25) is 0 Å². The fraction of sp³-hybridized carbons (Fsp3) is 0.421. The number of benzene rings is 1. The second-order valence-corrected chi connectivity index (χ2v) is 6.46. The lowest BCUT2D eigenvalue weighted by Crippen LogP contribution is -2.39. The summed E-state index contributed by atoms with van der Waals surface area (Å²) in [6, 6.07) is 10.9. The monoisotopic (exact) mass is 341 g/mol. The molecule has 1 aliphatic rings. The Kier molecular flexibility index (Phi) is 5.16. The van der Waals surface area contributed by atoms with E-state index in [1.165, 1.54) is 4.68 Å². The largest absolute Gasteiger partial charge is 0.481 e. The van der Waals surface area contributed by atoms with Crippen LogP contribution in [0.15, 0.2) is 41.2 Å². The van der Waals surface area contributed by atoms with E-state index in [2.05, 4.69) is 10.4 Å². The van der Waals surface area contributed by atoms with E-state index in [0.717, 1.165) is 24.1 Å². The van der Waals surface area contributed by atoms with Crippen LogP contribution in [0.3, 0.4) is 0 Å². The van der Waals surface area contributed by atoms with Gasteiger partial charge in [-0.25, -0.2) is 4.68 Å². The summed E-state index contributed by atoms with van der Waals surface area (Å²) in [4.78, 5) is 24.0. The van der Waals surface area contributed by atoms with Crippen molar-refractivity contribution < 1.29 is 9.53 Å². The topological polar surface area (TPSA) is 73.2 Å². The van der Waals surface area contributed by atoms with E-state index in [1.807, 2.05) is 31.2 Å². The Bertz CT molecular complexity index is 812. The molecule has 0 spiro atoms. The number of nitrogens with zero attached hydrogens (tertiary/aromatic N) is 2. The van der Waals surface area contributed by atoms with Gasteiger partial charge < -0.3 is 10.1 Å². The summed E-state index contributed by atoms with van der Waals surface area (Å²) in [5.41, 5.74) is 1.89. The van der Waals surface area contributed by atoms with Crippen molar-refractivity contribution in [2.75, 3.05) is 6.54 Å². The predicted molar refractivity (Wildman–Crippen MR) is 94.8 cm³/mol. The lowest BCUT2D eigenvalue weighted by Gasteiger charge is -2.15. The predicted octanol–water partition coefficient (Wildman–Crippen LogP) is 2.01. The first-order valence-electron chi connectivity index (χ1n) is 8.62. The first-order chi connectivity index (χ1) is 12.0. The molecule has 0 aliphatic heterocycles. The maximum atomic E-state index is 12.1. The van der Waals surface area contributed by atoms with Gasteiger partial charge in [-0.1, -0.05) is 12.1 Å². The van der Waals surface area contributed by atoms with E-state index in [-0.39, 0.29) is 11.5 Å². The van der Waals surface area contributed by atoms with E-state index in [0.29, 0.717) is 24.8 Å². The quantitative estimate of drug-likeness (QED) is 0.836. The SMILES string of the molecule is Cc1cccc(OC(C)C(=O)NCCn2nc(C3CC3)ccc2=O)c1. The van der Waals surface area contributed by atoms with Crippen molar-refractivity contribution in [1.29, 1.82) is 0 Å².